The van der Waals surface area contributed by atoms with E-state index in [0.717, 1.165) is 42.5 Å². The van der Waals surface area contributed by atoms with Gasteiger partial charge in [-0.1, -0.05) is 30.0 Å². The van der Waals surface area contributed by atoms with E-state index >= 15 is 0 Å². The number of likely N-dealkylation sites (tertiary alicyclic amines) is 1. The number of para-hydroxylation sites is 1. The van der Waals surface area contributed by atoms with Gasteiger partial charge in [-0.2, -0.15) is 0 Å². The number of rotatable bonds is 6. The summed E-state index contributed by atoms with van der Waals surface area (Å²) in [5, 5.41) is 4.85. The number of nitrogens with zero attached hydrogens (tertiary/aromatic N) is 3. The summed E-state index contributed by atoms with van der Waals surface area (Å²) in [6.07, 6.45) is 5.37. The maximum absolute atomic E-state index is 13.1. The summed E-state index contributed by atoms with van der Waals surface area (Å²) < 4.78 is 5.97. The Morgan fingerprint density at radius 3 is 2.66 bits per heavy atom. The van der Waals surface area contributed by atoms with E-state index in [1.54, 1.807) is 18.5 Å². The fourth-order valence-corrected chi connectivity index (χ4v) is 4.56. The summed E-state index contributed by atoms with van der Waals surface area (Å²) in [5.41, 5.74) is 1.63. The van der Waals surface area contributed by atoms with Gasteiger partial charge in [-0.05, 0) is 38.8 Å². The largest absolute Gasteiger partial charge is 0.451 e. The van der Waals surface area contributed by atoms with Crippen molar-refractivity contribution in [2.75, 3.05) is 13.1 Å². The van der Waals surface area contributed by atoms with E-state index in [2.05, 4.69) is 34.0 Å². The molecule has 1 amide bonds. The Hall–Kier alpha value is -2.38. The highest BCUT2D eigenvalue weighted by molar-refractivity contribution is 7.98. The number of aromatic nitrogens is 2. The maximum Gasteiger partial charge on any atom is 0.287 e. The van der Waals surface area contributed by atoms with Crippen LogP contribution in [0.3, 0.4) is 0 Å². The zero-order valence-electron chi connectivity index (χ0n) is 16.8. The molecule has 7 heteroatoms. The summed E-state index contributed by atoms with van der Waals surface area (Å²) in [4.78, 5) is 24.0. The zero-order chi connectivity index (χ0) is 20.2. The van der Waals surface area contributed by atoms with Gasteiger partial charge in [0.15, 0.2) is 10.9 Å². The molecule has 1 N–H and O–H groups in total. The van der Waals surface area contributed by atoms with Crippen molar-refractivity contribution in [1.29, 1.82) is 0 Å². The molecule has 152 valence electrons. The Balaban J connectivity index is 1.51. The van der Waals surface area contributed by atoms with Gasteiger partial charge in [0.25, 0.3) is 5.91 Å². The molecule has 0 atom stereocenters. The van der Waals surface area contributed by atoms with E-state index in [9.17, 15) is 4.79 Å². The highest BCUT2D eigenvalue weighted by atomic mass is 32.2. The first kappa shape index (κ1) is 19.9. The highest BCUT2D eigenvalue weighted by Crippen LogP contribution is 2.31. The average molecular weight is 411 g/mol. The Kier molecular flexibility index (Phi) is 6.16. The number of furan rings is 1. The molecule has 0 spiro atoms. The lowest BCUT2D eigenvalue weighted by Crippen LogP contribution is -2.46. The van der Waals surface area contributed by atoms with Gasteiger partial charge in [-0.25, -0.2) is 9.97 Å². The molecule has 1 aromatic carbocycles. The molecule has 1 saturated heterocycles. The number of hydrogen-bond acceptors (Lipinski definition) is 6. The van der Waals surface area contributed by atoms with Crippen molar-refractivity contribution in [1.82, 2.24) is 20.2 Å². The van der Waals surface area contributed by atoms with E-state index < -0.39 is 0 Å². The number of carbonyl (C=O) groups excluding carboxylic acids is 1. The second kappa shape index (κ2) is 8.97. The number of hydrogen-bond donors (Lipinski definition) is 1. The molecule has 1 aliphatic rings. The molecule has 0 aliphatic carbocycles. The standard InChI is InChI=1S/C22H26N4O2S/c1-15(2)26-12-8-16(9-13-26)25-21(27)20-18(14-29-22-23-10-5-11-24-22)17-6-3-4-7-19(17)28-20/h3-7,10-11,15-16H,8-9,12-14H2,1-2H3,(H,25,27). The second-order valence-corrected chi connectivity index (χ2v) is 8.55. The normalized spacial score (nSPS) is 15.8. The number of piperidine rings is 1. The smallest absolute Gasteiger partial charge is 0.287 e. The first-order valence-corrected chi connectivity index (χ1v) is 11.1. The monoisotopic (exact) mass is 410 g/mol. The lowest BCUT2D eigenvalue weighted by Gasteiger charge is -2.34. The van der Waals surface area contributed by atoms with Crippen LogP contribution in [0.5, 0.6) is 0 Å². The van der Waals surface area contributed by atoms with Gasteiger partial charge >= 0.3 is 0 Å². The van der Waals surface area contributed by atoms with Gasteiger partial charge in [-0.3, -0.25) is 4.79 Å². The predicted octanol–water partition coefficient (Wildman–Crippen LogP) is 4.12. The minimum atomic E-state index is -0.131. The minimum Gasteiger partial charge on any atom is -0.451 e. The van der Waals surface area contributed by atoms with E-state index in [1.807, 2.05) is 24.3 Å². The van der Waals surface area contributed by atoms with Crippen LogP contribution in [0.15, 0.2) is 52.3 Å². The van der Waals surface area contributed by atoms with Crippen molar-refractivity contribution in [3.63, 3.8) is 0 Å². The molecule has 0 radical (unpaired) electrons. The summed E-state index contributed by atoms with van der Waals surface area (Å²) in [6, 6.07) is 10.3. The van der Waals surface area contributed by atoms with Crippen LogP contribution < -0.4 is 5.32 Å². The molecule has 1 aliphatic heterocycles. The van der Waals surface area contributed by atoms with Crippen LogP contribution in [0.25, 0.3) is 11.0 Å². The first-order chi connectivity index (χ1) is 14.1. The van der Waals surface area contributed by atoms with Gasteiger partial charge in [-0.15, -0.1) is 0 Å². The number of fused-ring (bicyclic) bond motifs is 1. The fourth-order valence-electron chi connectivity index (χ4n) is 3.73. The van der Waals surface area contributed by atoms with E-state index in [0.29, 0.717) is 22.7 Å². The Morgan fingerprint density at radius 1 is 1.21 bits per heavy atom. The average Bonchev–Trinajstić information content (AvgIpc) is 3.12. The molecule has 1 fully saturated rings. The third-order valence-electron chi connectivity index (χ3n) is 5.39. The second-order valence-electron chi connectivity index (χ2n) is 7.60. The van der Waals surface area contributed by atoms with E-state index in [1.165, 1.54) is 11.8 Å². The van der Waals surface area contributed by atoms with Crippen LogP contribution >= 0.6 is 11.8 Å². The molecular weight excluding hydrogens is 384 g/mol. The molecule has 3 heterocycles. The van der Waals surface area contributed by atoms with Gasteiger partial charge in [0.1, 0.15) is 5.58 Å². The van der Waals surface area contributed by atoms with Crippen molar-refractivity contribution < 1.29 is 9.21 Å². The lowest BCUT2D eigenvalue weighted by molar-refractivity contribution is 0.0874. The Bertz CT molecular complexity index is 965. The third-order valence-corrected chi connectivity index (χ3v) is 6.29. The molecular formula is C22H26N4O2S. The topological polar surface area (TPSA) is 71.3 Å². The molecule has 3 aromatic rings. The summed E-state index contributed by atoms with van der Waals surface area (Å²) in [6.45, 7) is 6.45. The fraction of sp³-hybridized carbons (Fsp3) is 0.409. The van der Waals surface area contributed by atoms with Crippen molar-refractivity contribution in [3.8, 4) is 0 Å². The van der Waals surface area contributed by atoms with Crippen LogP contribution in [0.4, 0.5) is 0 Å². The molecule has 0 saturated carbocycles. The third kappa shape index (κ3) is 4.62. The zero-order valence-corrected chi connectivity index (χ0v) is 17.6. The maximum atomic E-state index is 13.1. The summed E-state index contributed by atoms with van der Waals surface area (Å²) in [7, 11) is 0. The number of thioether (sulfide) groups is 1. The molecule has 6 nitrogen and oxygen atoms in total. The van der Waals surface area contributed by atoms with E-state index in [-0.39, 0.29) is 11.9 Å². The van der Waals surface area contributed by atoms with Gasteiger partial charge < -0.3 is 14.6 Å². The van der Waals surface area contributed by atoms with Crippen molar-refractivity contribution in [2.24, 2.45) is 0 Å². The molecule has 2 aromatic heterocycles. The molecule has 0 bridgehead atoms. The minimum absolute atomic E-state index is 0.131. The molecule has 0 unspecified atom stereocenters. The van der Waals surface area contributed by atoms with E-state index in [4.69, 9.17) is 4.42 Å². The number of nitrogens with one attached hydrogen (secondary N) is 1. The van der Waals surface area contributed by atoms with Gasteiger partial charge in [0.2, 0.25) is 0 Å². The van der Waals surface area contributed by atoms with Crippen molar-refractivity contribution in [3.05, 3.63) is 54.0 Å². The molecule has 4 rings (SSSR count). The van der Waals surface area contributed by atoms with Crippen LogP contribution in [0, 0.1) is 0 Å². The van der Waals surface area contributed by atoms with Crippen LogP contribution in [-0.2, 0) is 5.75 Å². The predicted molar refractivity (Wildman–Crippen MR) is 115 cm³/mol. The first-order valence-electron chi connectivity index (χ1n) is 10.1. The van der Waals surface area contributed by atoms with Gasteiger partial charge in [0, 0.05) is 54.3 Å². The van der Waals surface area contributed by atoms with Crippen LogP contribution in [-0.4, -0.2) is 45.9 Å². The molecule has 29 heavy (non-hydrogen) atoms. The SMILES string of the molecule is CC(C)N1CCC(NC(=O)c2oc3ccccc3c2CSc2ncccn2)CC1. The summed E-state index contributed by atoms with van der Waals surface area (Å²) >= 11 is 1.51. The Labute approximate surface area is 175 Å². The number of carbonyl (C=O) groups is 1. The highest BCUT2D eigenvalue weighted by Gasteiger charge is 2.26. The summed E-state index contributed by atoms with van der Waals surface area (Å²) in [5.74, 6) is 0.852. The van der Waals surface area contributed by atoms with Crippen molar-refractivity contribution in [2.45, 2.75) is 49.7 Å². The quantitative estimate of drug-likeness (QED) is 0.487. The Morgan fingerprint density at radius 2 is 1.93 bits per heavy atom. The van der Waals surface area contributed by atoms with Crippen LogP contribution in [0.1, 0.15) is 42.8 Å². The lowest BCUT2D eigenvalue weighted by atomic mass is 10.0. The van der Waals surface area contributed by atoms with Crippen LogP contribution in [0.2, 0.25) is 0 Å². The van der Waals surface area contributed by atoms with Gasteiger partial charge in [0.05, 0.1) is 0 Å². The number of amides is 1. The number of benzene rings is 1. The van der Waals surface area contributed by atoms with Crippen molar-refractivity contribution >= 4 is 28.6 Å².